The first-order valence-electron chi connectivity index (χ1n) is 8.91. The molecule has 0 atom stereocenters. The van der Waals surface area contributed by atoms with Gasteiger partial charge in [-0.1, -0.05) is 30.9 Å². The van der Waals surface area contributed by atoms with Gasteiger partial charge in [-0.05, 0) is 51.0 Å². The summed E-state index contributed by atoms with van der Waals surface area (Å²) >= 11 is 0. The van der Waals surface area contributed by atoms with Gasteiger partial charge in [0, 0.05) is 18.8 Å². The highest BCUT2D eigenvalue weighted by Gasteiger charge is 2.14. The van der Waals surface area contributed by atoms with Crippen LogP contribution in [0.5, 0.6) is 0 Å². The van der Waals surface area contributed by atoms with Gasteiger partial charge in [0.15, 0.2) is 0 Å². The minimum Gasteiger partial charge on any atom is -0.370 e. The molecular weight excluding hydrogens is 272 g/mol. The van der Waals surface area contributed by atoms with E-state index in [1.807, 2.05) is 12.3 Å². The van der Waals surface area contributed by atoms with Gasteiger partial charge in [0.25, 0.3) is 0 Å². The molecule has 22 heavy (non-hydrogen) atoms. The van der Waals surface area contributed by atoms with Crippen molar-refractivity contribution in [3.63, 3.8) is 0 Å². The molecule has 3 rings (SSSR count). The topological polar surface area (TPSA) is 49.8 Å². The van der Waals surface area contributed by atoms with Gasteiger partial charge in [0.05, 0.1) is 0 Å². The fourth-order valence-electron chi connectivity index (χ4n) is 3.44. The highest BCUT2D eigenvalue weighted by molar-refractivity contribution is 5.40. The quantitative estimate of drug-likeness (QED) is 0.758. The molecule has 1 aromatic heterocycles. The fourth-order valence-corrected chi connectivity index (χ4v) is 3.44. The monoisotopic (exact) mass is 300 g/mol. The van der Waals surface area contributed by atoms with Crippen molar-refractivity contribution < 1.29 is 0 Å². The molecular formula is C18H28N4. The Bertz CT molecular complexity index is 492. The lowest BCUT2D eigenvalue weighted by molar-refractivity contribution is 0.461. The number of nitrogens with one attached hydrogen (secondary N) is 2. The number of hydrogen-bond donors (Lipinski definition) is 2. The fraction of sp³-hybridized carbons (Fsp3) is 0.667. The molecule has 4 nitrogen and oxygen atoms in total. The molecule has 0 saturated heterocycles. The number of nitrogens with zero attached hydrogens (tertiary/aromatic N) is 2. The van der Waals surface area contributed by atoms with Crippen molar-refractivity contribution in [1.29, 1.82) is 0 Å². The smallest absolute Gasteiger partial charge is 0.224 e. The van der Waals surface area contributed by atoms with Crippen molar-refractivity contribution in [1.82, 2.24) is 9.97 Å². The SMILES string of the molecule is C1=C(CCNc2ccnc(NC3CCCCC3)n2)CCCC1. The van der Waals surface area contributed by atoms with Crippen LogP contribution in [0.1, 0.15) is 64.2 Å². The van der Waals surface area contributed by atoms with Gasteiger partial charge in [-0.2, -0.15) is 4.98 Å². The van der Waals surface area contributed by atoms with Crippen LogP contribution in [0.15, 0.2) is 23.9 Å². The Labute approximate surface area is 133 Å². The molecule has 0 aliphatic heterocycles. The zero-order chi connectivity index (χ0) is 15.0. The number of rotatable bonds is 6. The van der Waals surface area contributed by atoms with Gasteiger partial charge in [-0.3, -0.25) is 0 Å². The first kappa shape index (κ1) is 15.3. The van der Waals surface area contributed by atoms with Gasteiger partial charge in [0.2, 0.25) is 5.95 Å². The molecule has 0 spiro atoms. The second-order valence-corrected chi connectivity index (χ2v) is 6.53. The van der Waals surface area contributed by atoms with Crippen LogP contribution in [0.2, 0.25) is 0 Å². The van der Waals surface area contributed by atoms with Crippen LogP contribution >= 0.6 is 0 Å². The van der Waals surface area contributed by atoms with Crippen molar-refractivity contribution in [2.24, 2.45) is 0 Å². The largest absolute Gasteiger partial charge is 0.370 e. The molecule has 4 heteroatoms. The minimum atomic E-state index is 0.552. The molecule has 0 radical (unpaired) electrons. The second-order valence-electron chi connectivity index (χ2n) is 6.53. The minimum absolute atomic E-state index is 0.552. The maximum Gasteiger partial charge on any atom is 0.224 e. The van der Waals surface area contributed by atoms with Crippen molar-refractivity contribution >= 4 is 11.8 Å². The number of allylic oxidation sites excluding steroid dienone is 1. The molecule has 0 amide bonds. The highest BCUT2D eigenvalue weighted by atomic mass is 15.1. The lowest BCUT2D eigenvalue weighted by Crippen LogP contribution is -2.23. The van der Waals surface area contributed by atoms with E-state index >= 15 is 0 Å². The standard InChI is InChI=1S/C18H28N4/c1-3-7-15(8-4-1)11-13-19-17-12-14-20-18(22-17)21-16-9-5-2-6-10-16/h7,12,14,16H,1-6,8-11,13H2,(H2,19,20,21,22). The van der Waals surface area contributed by atoms with Crippen molar-refractivity contribution in [2.75, 3.05) is 17.2 Å². The Balaban J connectivity index is 1.46. The molecule has 0 aromatic carbocycles. The summed E-state index contributed by atoms with van der Waals surface area (Å²) in [5.74, 6) is 1.71. The summed E-state index contributed by atoms with van der Waals surface area (Å²) in [5.41, 5.74) is 1.60. The molecule has 1 saturated carbocycles. The van der Waals surface area contributed by atoms with E-state index in [1.165, 1.54) is 57.8 Å². The lowest BCUT2D eigenvalue weighted by atomic mass is 9.96. The van der Waals surface area contributed by atoms with Gasteiger partial charge in [-0.15, -0.1) is 0 Å². The van der Waals surface area contributed by atoms with Crippen molar-refractivity contribution in [3.05, 3.63) is 23.9 Å². The van der Waals surface area contributed by atoms with Crippen molar-refractivity contribution in [3.8, 4) is 0 Å². The Morgan fingerprint density at radius 3 is 2.82 bits per heavy atom. The number of anilines is 2. The van der Waals surface area contributed by atoms with Gasteiger partial charge in [0.1, 0.15) is 5.82 Å². The predicted octanol–water partition coefficient (Wildman–Crippen LogP) is 4.52. The number of aromatic nitrogens is 2. The zero-order valence-corrected chi connectivity index (χ0v) is 13.5. The van der Waals surface area contributed by atoms with Crippen LogP contribution in [0.25, 0.3) is 0 Å². The Kier molecular flexibility index (Phi) is 5.68. The third-order valence-electron chi connectivity index (χ3n) is 4.73. The predicted molar refractivity (Wildman–Crippen MR) is 92.2 cm³/mol. The van der Waals surface area contributed by atoms with E-state index in [2.05, 4.69) is 26.7 Å². The Hall–Kier alpha value is -1.58. The first-order chi connectivity index (χ1) is 10.9. The van der Waals surface area contributed by atoms with Gasteiger partial charge < -0.3 is 10.6 Å². The van der Waals surface area contributed by atoms with Crippen LogP contribution in [0, 0.1) is 0 Å². The summed E-state index contributed by atoms with van der Waals surface area (Å²) in [6.45, 7) is 0.964. The molecule has 1 aromatic rings. The third kappa shape index (κ3) is 4.72. The maximum atomic E-state index is 4.60. The number of hydrogen-bond acceptors (Lipinski definition) is 4. The summed E-state index contributed by atoms with van der Waals surface area (Å²) in [5, 5.41) is 6.93. The van der Waals surface area contributed by atoms with E-state index in [0.717, 1.165) is 24.7 Å². The Morgan fingerprint density at radius 2 is 2.00 bits per heavy atom. The van der Waals surface area contributed by atoms with Gasteiger partial charge in [-0.25, -0.2) is 4.98 Å². The molecule has 0 unspecified atom stereocenters. The van der Waals surface area contributed by atoms with Crippen molar-refractivity contribution in [2.45, 2.75) is 70.3 Å². The summed E-state index contributed by atoms with van der Waals surface area (Å²) in [6, 6.07) is 2.51. The second kappa shape index (κ2) is 8.16. The van der Waals surface area contributed by atoms with Crippen LogP contribution in [-0.4, -0.2) is 22.6 Å². The van der Waals surface area contributed by atoms with E-state index in [1.54, 1.807) is 5.57 Å². The normalized spacial score (nSPS) is 19.5. The molecule has 2 N–H and O–H groups in total. The molecule has 0 bridgehead atoms. The highest BCUT2D eigenvalue weighted by Crippen LogP contribution is 2.21. The van der Waals surface area contributed by atoms with Gasteiger partial charge >= 0.3 is 0 Å². The first-order valence-corrected chi connectivity index (χ1v) is 8.91. The summed E-state index contributed by atoms with van der Waals surface area (Å²) in [6.07, 6.45) is 17.2. The zero-order valence-electron chi connectivity index (χ0n) is 13.5. The van der Waals surface area contributed by atoms with Crippen LogP contribution in [0.3, 0.4) is 0 Å². The average Bonchev–Trinajstić information content (AvgIpc) is 2.57. The summed E-state index contributed by atoms with van der Waals surface area (Å²) in [7, 11) is 0. The molecule has 2 aliphatic carbocycles. The van der Waals surface area contributed by atoms with E-state index in [0.29, 0.717) is 6.04 Å². The van der Waals surface area contributed by atoms with Crippen LogP contribution in [0.4, 0.5) is 11.8 Å². The molecule has 1 heterocycles. The molecule has 120 valence electrons. The third-order valence-corrected chi connectivity index (χ3v) is 4.73. The molecule has 1 fully saturated rings. The van der Waals surface area contributed by atoms with E-state index in [-0.39, 0.29) is 0 Å². The maximum absolute atomic E-state index is 4.60. The summed E-state index contributed by atoms with van der Waals surface area (Å²) in [4.78, 5) is 8.95. The molecule has 2 aliphatic rings. The van der Waals surface area contributed by atoms with E-state index in [9.17, 15) is 0 Å². The van der Waals surface area contributed by atoms with Crippen LogP contribution < -0.4 is 10.6 Å². The average molecular weight is 300 g/mol. The lowest BCUT2D eigenvalue weighted by Gasteiger charge is -2.22. The summed E-state index contributed by atoms with van der Waals surface area (Å²) < 4.78 is 0. The van der Waals surface area contributed by atoms with E-state index in [4.69, 9.17) is 0 Å². The van der Waals surface area contributed by atoms with Crippen LogP contribution in [-0.2, 0) is 0 Å². The van der Waals surface area contributed by atoms with E-state index < -0.39 is 0 Å². The Morgan fingerprint density at radius 1 is 1.09 bits per heavy atom.